The van der Waals surface area contributed by atoms with Crippen molar-refractivity contribution in [3.8, 4) is 0 Å². The quantitative estimate of drug-likeness (QED) is 0.633. The SMILES string of the molecule is C[C@H](N)C(=O)N1CC[C@]2(C[C@H](O)CCO2)C1. The molecule has 2 aliphatic rings. The lowest BCUT2D eigenvalue weighted by Gasteiger charge is -2.36. The minimum atomic E-state index is -0.455. The monoisotopic (exact) mass is 228 g/mol. The van der Waals surface area contributed by atoms with Gasteiger partial charge in [-0.05, 0) is 19.8 Å². The second kappa shape index (κ2) is 4.31. The number of amides is 1. The van der Waals surface area contributed by atoms with Crippen molar-refractivity contribution < 1.29 is 14.6 Å². The Morgan fingerprint density at radius 2 is 2.44 bits per heavy atom. The van der Waals surface area contributed by atoms with Crippen LogP contribution < -0.4 is 5.73 Å². The van der Waals surface area contributed by atoms with Gasteiger partial charge < -0.3 is 20.5 Å². The lowest BCUT2D eigenvalue weighted by Crippen LogP contribution is -2.47. The second-order valence-electron chi connectivity index (χ2n) is 4.98. The lowest BCUT2D eigenvalue weighted by atomic mass is 9.91. The van der Waals surface area contributed by atoms with Crippen molar-refractivity contribution in [2.75, 3.05) is 19.7 Å². The van der Waals surface area contributed by atoms with E-state index in [0.29, 0.717) is 32.5 Å². The van der Waals surface area contributed by atoms with Crippen LogP contribution in [0.15, 0.2) is 0 Å². The van der Waals surface area contributed by atoms with Gasteiger partial charge in [0.25, 0.3) is 0 Å². The molecule has 92 valence electrons. The summed E-state index contributed by atoms with van der Waals surface area (Å²) in [6.45, 7) is 3.54. The molecule has 5 nitrogen and oxygen atoms in total. The van der Waals surface area contributed by atoms with Crippen LogP contribution in [-0.4, -0.2) is 53.4 Å². The lowest BCUT2D eigenvalue weighted by molar-refractivity contribution is -0.136. The fourth-order valence-corrected chi connectivity index (χ4v) is 2.61. The first-order valence-electron chi connectivity index (χ1n) is 5.89. The van der Waals surface area contributed by atoms with E-state index in [9.17, 15) is 9.90 Å². The number of ether oxygens (including phenoxy) is 1. The minimum absolute atomic E-state index is 0.0273. The third kappa shape index (κ3) is 2.21. The van der Waals surface area contributed by atoms with Crippen molar-refractivity contribution in [2.45, 2.75) is 43.9 Å². The molecule has 2 aliphatic heterocycles. The Hall–Kier alpha value is -0.650. The van der Waals surface area contributed by atoms with Crippen molar-refractivity contribution in [3.63, 3.8) is 0 Å². The molecule has 3 N–H and O–H groups in total. The van der Waals surface area contributed by atoms with E-state index in [2.05, 4.69) is 0 Å². The van der Waals surface area contributed by atoms with Gasteiger partial charge in [-0.3, -0.25) is 4.79 Å². The maximum absolute atomic E-state index is 11.7. The molecule has 1 spiro atoms. The van der Waals surface area contributed by atoms with E-state index in [-0.39, 0.29) is 17.6 Å². The maximum atomic E-state index is 11.7. The van der Waals surface area contributed by atoms with Gasteiger partial charge in [0, 0.05) is 26.1 Å². The van der Waals surface area contributed by atoms with Gasteiger partial charge in [-0.1, -0.05) is 0 Å². The highest BCUT2D eigenvalue weighted by atomic mass is 16.5. The Balaban J connectivity index is 1.98. The van der Waals surface area contributed by atoms with Crippen LogP contribution in [0.25, 0.3) is 0 Å². The van der Waals surface area contributed by atoms with Crippen molar-refractivity contribution in [1.82, 2.24) is 4.90 Å². The topological polar surface area (TPSA) is 75.8 Å². The first-order valence-corrected chi connectivity index (χ1v) is 5.89. The third-order valence-electron chi connectivity index (χ3n) is 3.48. The summed E-state index contributed by atoms with van der Waals surface area (Å²) in [5, 5.41) is 9.66. The van der Waals surface area contributed by atoms with E-state index in [0.717, 1.165) is 6.42 Å². The molecule has 2 heterocycles. The molecule has 0 aromatic rings. The molecule has 0 saturated carbocycles. The van der Waals surface area contributed by atoms with Gasteiger partial charge in [0.1, 0.15) is 0 Å². The van der Waals surface area contributed by atoms with E-state index >= 15 is 0 Å². The largest absolute Gasteiger partial charge is 0.393 e. The van der Waals surface area contributed by atoms with Crippen LogP contribution in [0.3, 0.4) is 0 Å². The number of hydrogen-bond donors (Lipinski definition) is 2. The van der Waals surface area contributed by atoms with Crippen LogP contribution in [0.1, 0.15) is 26.2 Å². The predicted molar refractivity (Wildman–Crippen MR) is 58.8 cm³/mol. The van der Waals surface area contributed by atoms with Crippen LogP contribution in [0.2, 0.25) is 0 Å². The van der Waals surface area contributed by atoms with Crippen molar-refractivity contribution in [2.24, 2.45) is 5.73 Å². The average Bonchev–Trinajstić information content (AvgIpc) is 2.60. The molecular weight excluding hydrogens is 208 g/mol. The van der Waals surface area contributed by atoms with Gasteiger partial charge in [-0.2, -0.15) is 0 Å². The molecule has 0 aromatic carbocycles. The smallest absolute Gasteiger partial charge is 0.239 e. The number of nitrogens with two attached hydrogens (primary N) is 1. The normalized spacial score (nSPS) is 36.7. The van der Waals surface area contributed by atoms with Gasteiger partial charge in [-0.15, -0.1) is 0 Å². The van der Waals surface area contributed by atoms with E-state index in [4.69, 9.17) is 10.5 Å². The zero-order valence-corrected chi connectivity index (χ0v) is 9.69. The number of carbonyl (C=O) groups excluding carboxylic acids is 1. The molecule has 0 aromatic heterocycles. The Kier molecular flexibility index (Phi) is 3.19. The highest BCUT2D eigenvalue weighted by Gasteiger charge is 2.44. The Bertz CT molecular complexity index is 282. The summed E-state index contributed by atoms with van der Waals surface area (Å²) in [7, 11) is 0. The van der Waals surface area contributed by atoms with Crippen LogP contribution >= 0.6 is 0 Å². The maximum Gasteiger partial charge on any atom is 0.239 e. The third-order valence-corrected chi connectivity index (χ3v) is 3.48. The van der Waals surface area contributed by atoms with E-state index in [1.807, 2.05) is 0 Å². The summed E-state index contributed by atoms with van der Waals surface area (Å²) in [5.74, 6) is -0.0273. The molecule has 2 rings (SSSR count). The molecule has 0 unspecified atom stereocenters. The molecule has 5 heteroatoms. The molecule has 2 saturated heterocycles. The zero-order chi connectivity index (χ0) is 11.8. The summed E-state index contributed by atoms with van der Waals surface area (Å²) in [6, 6.07) is -0.455. The summed E-state index contributed by atoms with van der Waals surface area (Å²) in [5.41, 5.74) is 5.26. The molecule has 2 fully saturated rings. The van der Waals surface area contributed by atoms with Crippen molar-refractivity contribution in [3.05, 3.63) is 0 Å². The number of nitrogens with zero attached hydrogens (tertiary/aromatic N) is 1. The molecular formula is C11H20N2O3. The van der Waals surface area contributed by atoms with Crippen LogP contribution in [-0.2, 0) is 9.53 Å². The summed E-state index contributed by atoms with van der Waals surface area (Å²) < 4.78 is 5.76. The Morgan fingerprint density at radius 3 is 3.06 bits per heavy atom. The number of carbonyl (C=O) groups is 1. The number of rotatable bonds is 1. The van der Waals surface area contributed by atoms with Crippen molar-refractivity contribution in [1.29, 1.82) is 0 Å². The van der Waals surface area contributed by atoms with Crippen LogP contribution in [0.5, 0.6) is 0 Å². The molecule has 0 radical (unpaired) electrons. The van der Waals surface area contributed by atoms with Crippen LogP contribution in [0.4, 0.5) is 0 Å². The average molecular weight is 228 g/mol. The predicted octanol–water partition coefficient (Wildman–Crippen LogP) is -0.524. The first kappa shape index (κ1) is 11.8. The highest BCUT2D eigenvalue weighted by Crippen LogP contribution is 2.34. The fourth-order valence-electron chi connectivity index (χ4n) is 2.61. The molecule has 0 aliphatic carbocycles. The molecule has 0 bridgehead atoms. The van der Waals surface area contributed by atoms with Gasteiger partial charge in [0.05, 0.1) is 17.7 Å². The number of aliphatic hydroxyl groups is 1. The van der Waals surface area contributed by atoms with Gasteiger partial charge >= 0.3 is 0 Å². The van der Waals surface area contributed by atoms with Gasteiger partial charge in [0.15, 0.2) is 0 Å². The Labute approximate surface area is 95.5 Å². The number of aliphatic hydroxyl groups excluding tert-OH is 1. The fraction of sp³-hybridized carbons (Fsp3) is 0.909. The van der Waals surface area contributed by atoms with E-state index in [1.165, 1.54) is 0 Å². The van der Waals surface area contributed by atoms with Crippen molar-refractivity contribution >= 4 is 5.91 Å². The summed E-state index contributed by atoms with van der Waals surface area (Å²) >= 11 is 0. The summed E-state index contributed by atoms with van der Waals surface area (Å²) in [4.78, 5) is 13.5. The number of likely N-dealkylation sites (tertiary alicyclic amines) is 1. The molecule has 16 heavy (non-hydrogen) atoms. The first-order chi connectivity index (χ1) is 7.52. The van der Waals surface area contributed by atoms with Crippen LogP contribution in [0, 0.1) is 0 Å². The van der Waals surface area contributed by atoms with E-state index in [1.54, 1.807) is 11.8 Å². The standard InChI is InChI=1S/C11H20N2O3/c1-8(12)10(15)13-4-3-11(7-13)6-9(14)2-5-16-11/h8-9,14H,2-7,12H2,1H3/t8-,9+,11-/m0/s1. The van der Waals surface area contributed by atoms with Gasteiger partial charge in [-0.25, -0.2) is 0 Å². The molecule has 1 amide bonds. The van der Waals surface area contributed by atoms with Gasteiger partial charge in [0.2, 0.25) is 5.91 Å². The highest BCUT2D eigenvalue weighted by molar-refractivity contribution is 5.81. The summed E-state index contributed by atoms with van der Waals surface area (Å²) in [6.07, 6.45) is 1.85. The zero-order valence-electron chi connectivity index (χ0n) is 9.69. The number of hydrogen-bond acceptors (Lipinski definition) is 4. The second-order valence-corrected chi connectivity index (χ2v) is 4.98. The minimum Gasteiger partial charge on any atom is -0.393 e. The Morgan fingerprint density at radius 1 is 1.69 bits per heavy atom. The van der Waals surface area contributed by atoms with E-state index < -0.39 is 6.04 Å². The molecule has 3 atom stereocenters.